The first-order chi connectivity index (χ1) is 11.6. The number of rotatable bonds is 6. The molecule has 0 unspecified atom stereocenters. The minimum Gasteiger partial charge on any atom is -0.481 e. The van der Waals surface area contributed by atoms with Gasteiger partial charge in [-0.25, -0.2) is 9.67 Å². The van der Waals surface area contributed by atoms with E-state index in [1.807, 2.05) is 38.1 Å². The van der Waals surface area contributed by atoms with Gasteiger partial charge in [-0.3, -0.25) is 0 Å². The van der Waals surface area contributed by atoms with Crippen LogP contribution in [0.25, 0.3) is 10.9 Å². The first-order valence-corrected chi connectivity index (χ1v) is 7.95. The lowest BCUT2D eigenvalue weighted by atomic mass is 10.1. The molecule has 0 bridgehead atoms. The second-order valence-corrected chi connectivity index (χ2v) is 5.71. The number of aryl methyl sites for hydroxylation is 1. The van der Waals surface area contributed by atoms with Crippen molar-refractivity contribution in [1.82, 2.24) is 14.8 Å². The molecule has 24 heavy (non-hydrogen) atoms. The summed E-state index contributed by atoms with van der Waals surface area (Å²) in [6.45, 7) is 5.07. The van der Waals surface area contributed by atoms with E-state index in [4.69, 9.17) is 4.74 Å². The number of methoxy groups -OCH3 is 1. The molecule has 0 saturated carbocycles. The van der Waals surface area contributed by atoms with Gasteiger partial charge in [0.25, 0.3) is 0 Å². The molecule has 0 aliphatic rings. The van der Waals surface area contributed by atoms with Crippen molar-refractivity contribution in [2.24, 2.45) is 0 Å². The number of hydrogen-bond acceptors (Lipinski definition) is 5. The molecule has 2 aromatic heterocycles. The van der Waals surface area contributed by atoms with Crippen LogP contribution in [0.2, 0.25) is 0 Å². The van der Waals surface area contributed by atoms with E-state index in [-0.39, 0.29) is 6.61 Å². The lowest BCUT2D eigenvalue weighted by molar-refractivity contribution is 0.270. The normalized spacial score (nSPS) is 11.0. The molecule has 6 heteroatoms. The standard InChI is InChI=1S/C18H22N4O2/c1-12-13(2)21-22(8-9-23)17(12)19-11-15-10-14-6-4-5-7-16(14)20-18(15)24-3/h4-7,10,19,23H,8-9,11H2,1-3H3. The lowest BCUT2D eigenvalue weighted by Gasteiger charge is -2.13. The maximum absolute atomic E-state index is 9.21. The number of pyridine rings is 1. The summed E-state index contributed by atoms with van der Waals surface area (Å²) < 4.78 is 7.24. The predicted octanol–water partition coefficient (Wildman–Crippen LogP) is 2.66. The molecule has 0 fully saturated rings. The summed E-state index contributed by atoms with van der Waals surface area (Å²) >= 11 is 0. The molecule has 126 valence electrons. The highest BCUT2D eigenvalue weighted by molar-refractivity contribution is 5.80. The average molecular weight is 326 g/mol. The van der Waals surface area contributed by atoms with Crippen LogP contribution in [0.4, 0.5) is 5.82 Å². The molecule has 0 aliphatic carbocycles. The first kappa shape index (κ1) is 16.3. The van der Waals surface area contributed by atoms with Crippen molar-refractivity contribution in [3.63, 3.8) is 0 Å². The Morgan fingerprint density at radius 3 is 2.79 bits per heavy atom. The largest absolute Gasteiger partial charge is 0.481 e. The number of anilines is 1. The summed E-state index contributed by atoms with van der Waals surface area (Å²) in [7, 11) is 1.63. The molecule has 0 saturated heterocycles. The van der Waals surface area contributed by atoms with Gasteiger partial charge >= 0.3 is 0 Å². The molecule has 3 rings (SSSR count). The van der Waals surface area contributed by atoms with Gasteiger partial charge in [0.15, 0.2) is 0 Å². The highest BCUT2D eigenvalue weighted by Gasteiger charge is 2.13. The van der Waals surface area contributed by atoms with Crippen molar-refractivity contribution in [3.05, 3.63) is 47.2 Å². The monoisotopic (exact) mass is 326 g/mol. The molecule has 3 aromatic rings. The quantitative estimate of drug-likeness (QED) is 0.728. The smallest absolute Gasteiger partial charge is 0.218 e. The zero-order valence-corrected chi connectivity index (χ0v) is 14.2. The minimum atomic E-state index is 0.0517. The van der Waals surface area contributed by atoms with Gasteiger partial charge in [-0.1, -0.05) is 18.2 Å². The summed E-state index contributed by atoms with van der Waals surface area (Å²) in [5.41, 5.74) is 3.92. The van der Waals surface area contributed by atoms with Gasteiger partial charge in [-0.15, -0.1) is 0 Å². The Kier molecular flexibility index (Phi) is 4.66. The summed E-state index contributed by atoms with van der Waals surface area (Å²) in [5.74, 6) is 1.53. The number of hydrogen-bond donors (Lipinski definition) is 2. The summed E-state index contributed by atoms with van der Waals surface area (Å²) in [6, 6.07) is 10.1. The molecule has 6 nitrogen and oxygen atoms in total. The Morgan fingerprint density at radius 2 is 2.04 bits per heavy atom. The molecule has 2 heterocycles. The van der Waals surface area contributed by atoms with E-state index in [9.17, 15) is 5.11 Å². The Morgan fingerprint density at radius 1 is 1.25 bits per heavy atom. The van der Waals surface area contributed by atoms with E-state index in [0.29, 0.717) is 19.0 Å². The zero-order valence-electron chi connectivity index (χ0n) is 14.2. The van der Waals surface area contributed by atoms with Crippen LogP contribution in [0.3, 0.4) is 0 Å². The first-order valence-electron chi connectivity index (χ1n) is 7.95. The van der Waals surface area contributed by atoms with Crippen molar-refractivity contribution >= 4 is 16.7 Å². The summed E-state index contributed by atoms with van der Waals surface area (Å²) in [6.07, 6.45) is 0. The number of fused-ring (bicyclic) bond motifs is 1. The number of nitrogens with zero attached hydrogens (tertiary/aromatic N) is 3. The van der Waals surface area contributed by atoms with Crippen LogP contribution in [-0.4, -0.2) is 33.6 Å². The van der Waals surface area contributed by atoms with Gasteiger partial charge in [-0.2, -0.15) is 5.10 Å². The molecule has 0 amide bonds. The van der Waals surface area contributed by atoms with Crippen LogP contribution in [0, 0.1) is 13.8 Å². The number of ether oxygens (including phenoxy) is 1. The predicted molar refractivity (Wildman–Crippen MR) is 94.4 cm³/mol. The van der Waals surface area contributed by atoms with Crippen molar-refractivity contribution in [2.45, 2.75) is 26.9 Å². The van der Waals surface area contributed by atoms with Crippen LogP contribution >= 0.6 is 0 Å². The third-order valence-corrected chi connectivity index (χ3v) is 4.14. The fraction of sp³-hybridized carbons (Fsp3) is 0.333. The molecule has 0 atom stereocenters. The van der Waals surface area contributed by atoms with Gasteiger partial charge in [0.2, 0.25) is 5.88 Å². The maximum Gasteiger partial charge on any atom is 0.218 e. The van der Waals surface area contributed by atoms with E-state index in [0.717, 1.165) is 33.5 Å². The molecular weight excluding hydrogens is 304 g/mol. The van der Waals surface area contributed by atoms with Crippen LogP contribution in [-0.2, 0) is 13.1 Å². The number of benzene rings is 1. The van der Waals surface area contributed by atoms with E-state index in [1.165, 1.54) is 0 Å². The number of para-hydroxylation sites is 1. The number of aromatic nitrogens is 3. The lowest BCUT2D eigenvalue weighted by Crippen LogP contribution is -2.11. The maximum atomic E-state index is 9.21. The van der Waals surface area contributed by atoms with Gasteiger partial charge in [0.05, 0.1) is 31.5 Å². The van der Waals surface area contributed by atoms with Gasteiger partial charge in [0.1, 0.15) is 5.82 Å². The van der Waals surface area contributed by atoms with E-state index < -0.39 is 0 Å². The Labute approximate surface area is 141 Å². The van der Waals surface area contributed by atoms with E-state index >= 15 is 0 Å². The van der Waals surface area contributed by atoms with Crippen molar-refractivity contribution < 1.29 is 9.84 Å². The molecular formula is C18H22N4O2. The third kappa shape index (κ3) is 3.05. The van der Waals surface area contributed by atoms with Crippen LogP contribution in [0.1, 0.15) is 16.8 Å². The summed E-state index contributed by atoms with van der Waals surface area (Å²) in [4.78, 5) is 4.57. The third-order valence-electron chi connectivity index (χ3n) is 4.14. The van der Waals surface area contributed by atoms with Gasteiger partial charge < -0.3 is 15.2 Å². The second kappa shape index (κ2) is 6.88. The van der Waals surface area contributed by atoms with Crippen LogP contribution in [0.5, 0.6) is 5.88 Å². The van der Waals surface area contributed by atoms with Crippen LogP contribution in [0.15, 0.2) is 30.3 Å². The number of nitrogens with one attached hydrogen (secondary N) is 1. The molecule has 0 spiro atoms. The Hall–Kier alpha value is -2.60. The molecule has 0 aliphatic heterocycles. The number of aliphatic hydroxyl groups is 1. The van der Waals surface area contributed by atoms with E-state index in [1.54, 1.807) is 11.8 Å². The van der Waals surface area contributed by atoms with Crippen molar-refractivity contribution in [1.29, 1.82) is 0 Å². The Balaban J connectivity index is 1.90. The van der Waals surface area contributed by atoms with Crippen LogP contribution < -0.4 is 10.1 Å². The topological polar surface area (TPSA) is 72.2 Å². The van der Waals surface area contributed by atoms with E-state index in [2.05, 4.69) is 21.5 Å². The van der Waals surface area contributed by atoms with Crippen molar-refractivity contribution in [3.8, 4) is 5.88 Å². The number of aliphatic hydroxyl groups excluding tert-OH is 1. The van der Waals surface area contributed by atoms with Gasteiger partial charge in [0, 0.05) is 23.1 Å². The second-order valence-electron chi connectivity index (χ2n) is 5.71. The fourth-order valence-electron chi connectivity index (χ4n) is 2.78. The molecule has 1 aromatic carbocycles. The molecule has 0 radical (unpaired) electrons. The Bertz CT molecular complexity index is 858. The fourth-order valence-corrected chi connectivity index (χ4v) is 2.78. The SMILES string of the molecule is COc1nc2ccccc2cc1CNc1c(C)c(C)nn1CCO. The highest BCUT2D eigenvalue weighted by atomic mass is 16.5. The zero-order chi connectivity index (χ0) is 17.1. The van der Waals surface area contributed by atoms with Crippen molar-refractivity contribution in [2.75, 3.05) is 19.0 Å². The average Bonchev–Trinajstić information content (AvgIpc) is 2.86. The summed E-state index contributed by atoms with van der Waals surface area (Å²) in [5, 5.41) is 18.2. The highest BCUT2D eigenvalue weighted by Crippen LogP contribution is 2.24. The molecule has 2 N–H and O–H groups in total. The minimum absolute atomic E-state index is 0.0517. The van der Waals surface area contributed by atoms with Gasteiger partial charge in [-0.05, 0) is 26.0 Å².